The van der Waals surface area contributed by atoms with Gasteiger partial charge in [-0.05, 0) is 49.0 Å². The first kappa shape index (κ1) is 24.0. The summed E-state index contributed by atoms with van der Waals surface area (Å²) >= 11 is 0. The molecule has 0 spiro atoms. The molecule has 5 rings (SSSR count). The van der Waals surface area contributed by atoms with Crippen molar-refractivity contribution in [2.75, 3.05) is 43.8 Å². The van der Waals surface area contributed by atoms with Crippen molar-refractivity contribution in [1.29, 1.82) is 5.26 Å². The first-order valence-electron chi connectivity index (χ1n) is 12.2. The summed E-state index contributed by atoms with van der Waals surface area (Å²) in [6, 6.07) is 6.39. The third kappa shape index (κ3) is 4.26. The number of fused-ring (bicyclic) bond motifs is 1. The molecule has 2 aliphatic heterocycles. The second kappa shape index (κ2) is 8.73. The second-order valence-corrected chi connectivity index (χ2v) is 12.6. The average Bonchev–Trinajstić information content (AvgIpc) is 3.46. The van der Waals surface area contributed by atoms with Gasteiger partial charge in [0.2, 0.25) is 10.0 Å². The number of nitrogens with zero attached hydrogens (tertiary/aromatic N) is 4. The van der Waals surface area contributed by atoms with Gasteiger partial charge in [-0.1, -0.05) is 13.0 Å². The zero-order valence-corrected chi connectivity index (χ0v) is 21.1. The van der Waals surface area contributed by atoms with E-state index in [-0.39, 0.29) is 17.1 Å². The molecule has 2 aromatic rings. The van der Waals surface area contributed by atoms with Crippen molar-refractivity contribution in [2.24, 2.45) is 11.3 Å². The Bertz CT molecular complexity index is 1310. The van der Waals surface area contributed by atoms with E-state index >= 15 is 0 Å². The van der Waals surface area contributed by atoms with E-state index in [1.165, 1.54) is 9.88 Å². The third-order valence-corrected chi connectivity index (χ3v) is 9.71. The lowest BCUT2D eigenvalue weighted by Gasteiger charge is -2.55. The van der Waals surface area contributed by atoms with Gasteiger partial charge in [-0.2, -0.15) is 9.57 Å². The lowest BCUT2D eigenvalue weighted by Crippen LogP contribution is -2.72. The number of rotatable bonds is 9. The van der Waals surface area contributed by atoms with Crippen LogP contribution < -0.4 is 5.32 Å². The highest BCUT2D eigenvalue weighted by Crippen LogP contribution is 2.44. The SMILES string of the molecule is CCS(=O)(=O)N1CC(CC#N)(N2CC=C(c3cc(NCC4(C=O)CC4)nc4[nH]ccc34)[C@H](C)C2)C1. The Balaban J connectivity index is 1.39. The standard InChI is InChI=1S/C25H32N6O3S/c1-3-35(33,34)31-15-25(16-31,8-9-26)30-11-5-19(18(2)13-30)21-12-22(28-14-24(17-32)6-7-24)29-23-20(21)4-10-27-23/h4-5,10,12,17-18H,3,6-8,11,13-16H2,1-2H3,(H2,27,28,29)/t18-/m1/s1. The molecule has 10 heteroatoms. The molecule has 2 aromatic heterocycles. The molecule has 0 unspecified atom stereocenters. The predicted octanol–water partition coefficient (Wildman–Crippen LogP) is 2.61. The van der Waals surface area contributed by atoms with Crippen LogP contribution in [0.15, 0.2) is 24.4 Å². The predicted molar refractivity (Wildman–Crippen MR) is 135 cm³/mol. The topological polar surface area (TPSA) is 122 Å². The van der Waals surface area contributed by atoms with Crippen LogP contribution in [-0.4, -0.2) is 77.9 Å². The van der Waals surface area contributed by atoms with Gasteiger partial charge in [-0.15, -0.1) is 0 Å². The first-order valence-corrected chi connectivity index (χ1v) is 13.8. The summed E-state index contributed by atoms with van der Waals surface area (Å²) in [7, 11) is -3.25. The third-order valence-electron chi connectivity index (χ3n) is 7.94. The maximum absolute atomic E-state index is 12.3. The van der Waals surface area contributed by atoms with E-state index in [1.807, 2.05) is 12.3 Å². The van der Waals surface area contributed by atoms with Crippen LogP contribution in [0.4, 0.5) is 5.82 Å². The Morgan fingerprint density at radius 2 is 2.14 bits per heavy atom. The molecule has 4 heterocycles. The molecule has 2 fully saturated rings. The highest BCUT2D eigenvalue weighted by Gasteiger charge is 2.51. The number of pyridine rings is 1. The Kier molecular flexibility index (Phi) is 5.98. The zero-order valence-electron chi connectivity index (χ0n) is 20.2. The van der Waals surface area contributed by atoms with E-state index in [1.54, 1.807) is 6.92 Å². The lowest BCUT2D eigenvalue weighted by molar-refractivity contribution is -0.111. The molecular formula is C25H32N6O3S. The Hall–Kier alpha value is -2.74. The fourth-order valence-electron chi connectivity index (χ4n) is 5.37. The molecule has 0 bridgehead atoms. The molecule has 1 saturated heterocycles. The molecular weight excluding hydrogens is 464 g/mol. The fourth-order valence-corrected chi connectivity index (χ4v) is 6.61. The molecule has 1 saturated carbocycles. The highest BCUT2D eigenvalue weighted by molar-refractivity contribution is 7.89. The number of nitriles is 1. The second-order valence-electron chi connectivity index (χ2n) is 10.3. The molecule has 2 N–H and O–H groups in total. The normalized spacial score (nSPS) is 23.8. The molecule has 1 atom stereocenters. The quantitative estimate of drug-likeness (QED) is 0.512. The number of carbonyl (C=O) groups is 1. The smallest absolute Gasteiger partial charge is 0.213 e. The largest absolute Gasteiger partial charge is 0.369 e. The Morgan fingerprint density at radius 1 is 1.37 bits per heavy atom. The summed E-state index contributed by atoms with van der Waals surface area (Å²) in [6.07, 6.45) is 7.30. The monoisotopic (exact) mass is 496 g/mol. The van der Waals surface area contributed by atoms with Crippen LogP contribution >= 0.6 is 0 Å². The number of carbonyl (C=O) groups excluding carboxylic acids is 1. The van der Waals surface area contributed by atoms with Crippen molar-refractivity contribution >= 4 is 38.7 Å². The lowest BCUT2D eigenvalue weighted by atomic mass is 9.82. The van der Waals surface area contributed by atoms with Crippen LogP contribution in [0.1, 0.15) is 38.7 Å². The average molecular weight is 497 g/mol. The minimum atomic E-state index is -3.25. The van der Waals surface area contributed by atoms with E-state index in [9.17, 15) is 18.5 Å². The first-order chi connectivity index (χ1) is 16.7. The maximum atomic E-state index is 12.3. The van der Waals surface area contributed by atoms with Crippen molar-refractivity contribution in [3.63, 3.8) is 0 Å². The van der Waals surface area contributed by atoms with Crippen LogP contribution in [0.2, 0.25) is 0 Å². The van der Waals surface area contributed by atoms with Crippen LogP contribution in [0.3, 0.4) is 0 Å². The number of hydrogen-bond donors (Lipinski definition) is 2. The molecule has 9 nitrogen and oxygen atoms in total. The number of aromatic nitrogens is 2. The van der Waals surface area contributed by atoms with Gasteiger partial charge in [0.15, 0.2) is 0 Å². The van der Waals surface area contributed by atoms with Gasteiger partial charge >= 0.3 is 0 Å². The number of hydrogen-bond acceptors (Lipinski definition) is 7. The molecule has 3 aliphatic rings. The summed E-state index contributed by atoms with van der Waals surface area (Å²) in [5, 5.41) is 13.9. The maximum Gasteiger partial charge on any atom is 0.213 e. The van der Waals surface area contributed by atoms with Gasteiger partial charge in [0.1, 0.15) is 17.8 Å². The molecule has 0 aromatic carbocycles. The van der Waals surface area contributed by atoms with Crippen molar-refractivity contribution in [3.05, 3.63) is 30.0 Å². The summed E-state index contributed by atoms with van der Waals surface area (Å²) in [5.74, 6) is 1.02. The van der Waals surface area contributed by atoms with Crippen molar-refractivity contribution < 1.29 is 13.2 Å². The fraction of sp³-hybridized carbons (Fsp3) is 0.560. The molecule has 186 valence electrons. The van der Waals surface area contributed by atoms with E-state index in [2.05, 4.69) is 40.3 Å². The summed E-state index contributed by atoms with van der Waals surface area (Å²) in [4.78, 5) is 21.6. The Labute approximate surface area is 206 Å². The van der Waals surface area contributed by atoms with Crippen LogP contribution in [0, 0.1) is 22.7 Å². The van der Waals surface area contributed by atoms with Crippen LogP contribution in [0.5, 0.6) is 0 Å². The van der Waals surface area contributed by atoms with Gasteiger partial charge in [-0.3, -0.25) is 4.90 Å². The van der Waals surface area contributed by atoms with Gasteiger partial charge in [0.05, 0.1) is 23.8 Å². The summed E-state index contributed by atoms with van der Waals surface area (Å²) < 4.78 is 26.1. The van der Waals surface area contributed by atoms with Crippen LogP contribution in [-0.2, 0) is 14.8 Å². The van der Waals surface area contributed by atoms with Crippen LogP contribution in [0.25, 0.3) is 16.6 Å². The van der Waals surface area contributed by atoms with Crippen molar-refractivity contribution in [2.45, 2.75) is 38.6 Å². The zero-order chi connectivity index (χ0) is 24.8. The van der Waals surface area contributed by atoms with Gasteiger partial charge in [-0.25, -0.2) is 13.4 Å². The number of nitrogens with one attached hydrogen (secondary N) is 2. The minimum Gasteiger partial charge on any atom is -0.369 e. The Morgan fingerprint density at radius 3 is 2.77 bits per heavy atom. The number of sulfonamides is 1. The van der Waals surface area contributed by atoms with Gasteiger partial charge in [0, 0.05) is 49.7 Å². The van der Waals surface area contributed by atoms with Crippen molar-refractivity contribution in [1.82, 2.24) is 19.2 Å². The number of aromatic amines is 1. The molecule has 1 aliphatic carbocycles. The number of aldehydes is 1. The van der Waals surface area contributed by atoms with E-state index in [4.69, 9.17) is 4.98 Å². The van der Waals surface area contributed by atoms with E-state index < -0.39 is 15.6 Å². The van der Waals surface area contributed by atoms with Crippen molar-refractivity contribution in [3.8, 4) is 6.07 Å². The highest BCUT2D eigenvalue weighted by atomic mass is 32.2. The molecule has 0 amide bonds. The van der Waals surface area contributed by atoms with Gasteiger partial charge in [0.25, 0.3) is 0 Å². The minimum absolute atomic E-state index is 0.0785. The summed E-state index contributed by atoms with van der Waals surface area (Å²) in [6.45, 7) is 6.57. The number of anilines is 1. The molecule has 0 radical (unpaired) electrons. The van der Waals surface area contributed by atoms with E-state index in [0.717, 1.165) is 48.1 Å². The summed E-state index contributed by atoms with van der Waals surface area (Å²) in [5.41, 5.74) is 2.45. The number of H-pyrrole nitrogens is 1. The molecule has 35 heavy (non-hydrogen) atoms. The van der Waals surface area contributed by atoms with Gasteiger partial charge < -0.3 is 15.1 Å². The van der Waals surface area contributed by atoms with E-state index in [0.29, 0.717) is 32.6 Å².